The van der Waals surface area contributed by atoms with E-state index in [0.717, 1.165) is 24.8 Å². The number of carbonyl (C=O) groups is 1. The summed E-state index contributed by atoms with van der Waals surface area (Å²) in [6.45, 7) is 3.67. The van der Waals surface area contributed by atoms with Crippen molar-refractivity contribution in [1.29, 1.82) is 0 Å². The second-order valence-electron chi connectivity index (χ2n) is 10.1. The van der Waals surface area contributed by atoms with Gasteiger partial charge in [-0.1, -0.05) is 12.1 Å². The van der Waals surface area contributed by atoms with Gasteiger partial charge in [-0.3, -0.25) is 4.79 Å². The number of hydrogen-bond donors (Lipinski definition) is 1. The molecule has 2 aliphatic heterocycles. The zero-order valence-corrected chi connectivity index (χ0v) is 21.3. The molecule has 0 bridgehead atoms. The van der Waals surface area contributed by atoms with Gasteiger partial charge >= 0.3 is 0 Å². The van der Waals surface area contributed by atoms with Gasteiger partial charge < -0.3 is 14.4 Å². The molecular weight excluding hydrogens is 483 g/mol. The van der Waals surface area contributed by atoms with Gasteiger partial charge in [0.05, 0.1) is 22.7 Å². The van der Waals surface area contributed by atoms with Crippen LogP contribution in [0.2, 0.25) is 0 Å². The van der Waals surface area contributed by atoms with Gasteiger partial charge in [-0.2, -0.15) is 0 Å². The van der Waals surface area contributed by atoms with Crippen LogP contribution in [-0.4, -0.2) is 56.7 Å². The third-order valence-corrected chi connectivity index (χ3v) is 8.92. The Kier molecular flexibility index (Phi) is 7.18. The molecule has 2 atom stereocenters. The number of halogens is 1. The fraction of sp³-hybridized carbons (Fsp3) is 0.519. The molecule has 2 aromatic carbocycles. The molecule has 1 aliphatic carbocycles. The van der Waals surface area contributed by atoms with Crippen molar-refractivity contribution in [2.75, 3.05) is 19.7 Å². The van der Waals surface area contributed by atoms with E-state index in [0.29, 0.717) is 44.5 Å². The van der Waals surface area contributed by atoms with Gasteiger partial charge in [0.15, 0.2) is 0 Å². The van der Waals surface area contributed by atoms with E-state index in [1.54, 1.807) is 29.2 Å². The van der Waals surface area contributed by atoms with Crippen LogP contribution in [-0.2, 0) is 19.5 Å². The summed E-state index contributed by atoms with van der Waals surface area (Å²) in [7, 11) is -3.55. The summed E-state index contributed by atoms with van der Waals surface area (Å²) in [5.41, 5.74) is 1.00. The fourth-order valence-corrected chi connectivity index (χ4v) is 6.57. The van der Waals surface area contributed by atoms with Crippen molar-refractivity contribution in [3.05, 3.63) is 65.5 Å². The molecule has 3 aliphatic rings. The van der Waals surface area contributed by atoms with E-state index < -0.39 is 15.6 Å². The maximum atomic E-state index is 13.5. The molecule has 9 heteroatoms. The van der Waals surface area contributed by atoms with E-state index in [-0.39, 0.29) is 34.9 Å². The largest absolute Gasteiger partial charge is 0.378 e. The quantitative estimate of drug-likeness (QED) is 0.596. The van der Waals surface area contributed by atoms with E-state index in [1.807, 2.05) is 6.92 Å². The lowest BCUT2D eigenvalue weighted by Crippen LogP contribution is -2.52. The molecule has 194 valence electrons. The molecule has 2 aromatic rings. The Morgan fingerprint density at radius 2 is 1.78 bits per heavy atom. The third-order valence-electron chi connectivity index (χ3n) is 7.39. The molecule has 36 heavy (non-hydrogen) atoms. The van der Waals surface area contributed by atoms with Gasteiger partial charge in [0, 0.05) is 44.1 Å². The lowest BCUT2D eigenvalue weighted by Gasteiger charge is -2.48. The summed E-state index contributed by atoms with van der Waals surface area (Å²) in [6, 6.07) is 12.6. The minimum atomic E-state index is -3.55. The first kappa shape index (κ1) is 25.3. The number of benzene rings is 2. The summed E-state index contributed by atoms with van der Waals surface area (Å²) in [5.74, 6) is -0.390. The summed E-state index contributed by atoms with van der Waals surface area (Å²) < 4.78 is 53.6. The molecule has 5 rings (SSSR count). The first-order valence-corrected chi connectivity index (χ1v) is 14.2. The average molecular weight is 517 g/mol. The smallest absolute Gasteiger partial charge is 0.253 e. The van der Waals surface area contributed by atoms with Crippen molar-refractivity contribution in [2.45, 2.75) is 74.2 Å². The number of hydrogen-bond acceptors (Lipinski definition) is 5. The Morgan fingerprint density at radius 3 is 2.39 bits per heavy atom. The zero-order valence-electron chi connectivity index (χ0n) is 20.5. The van der Waals surface area contributed by atoms with Gasteiger partial charge in [-0.15, -0.1) is 0 Å². The maximum Gasteiger partial charge on any atom is 0.253 e. The first-order chi connectivity index (χ1) is 17.3. The monoisotopic (exact) mass is 516 g/mol. The van der Waals surface area contributed by atoms with Gasteiger partial charge in [0.2, 0.25) is 10.0 Å². The molecule has 1 saturated carbocycles. The van der Waals surface area contributed by atoms with Gasteiger partial charge in [-0.25, -0.2) is 17.5 Å². The predicted octanol–water partition coefficient (Wildman–Crippen LogP) is 4.20. The first-order valence-electron chi connectivity index (χ1n) is 12.7. The predicted molar refractivity (Wildman–Crippen MR) is 133 cm³/mol. The van der Waals surface area contributed by atoms with Crippen LogP contribution in [0.1, 0.15) is 67.5 Å². The number of sulfonamides is 1. The molecular formula is C27H33FN2O5S. The van der Waals surface area contributed by atoms with Crippen LogP contribution in [0.15, 0.2) is 53.4 Å². The Bertz CT molecular complexity index is 1170. The highest BCUT2D eigenvalue weighted by molar-refractivity contribution is 7.89. The van der Waals surface area contributed by atoms with Crippen LogP contribution in [0.5, 0.6) is 0 Å². The fourth-order valence-electron chi connectivity index (χ4n) is 5.27. The van der Waals surface area contributed by atoms with Crippen LogP contribution in [0.3, 0.4) is 0 Å². The van der Waals surface area contributed by atoms with Crippen LogP contribution in [0, 0.1) is 5.82 Å². The molecule has 1 spiro atoms. The summed E-state index contributed by atoms with van der Waals surface area (Å²) >= 11 is 0. The van der Waals surface area contributed by atoms with Gasteiger partial charge in [0.25, 0.3) is 5.91 Å². The van der Waals surface area contributed by atoms with Crippen molar-refractivity contribution in [2.24, 2.45) is 0 Å². The zero-order chi connectivity index (χ0) is 25.3. The highest BCUT2D eigenvalue weighted by Gasteiger charge is 2.45. The molecule has 2 heterocycles. The summed E-state index contributed by atoms with van der Waals surface area (Å²) in [5, 5.41) is 0. The number of nitrogens with zero attached hydrogens (tertiary/aromatic N) is 1. The number of piperidine rings is 1. The minimum absolute atomic E-state index is 0.0314. The number of ether oxygens (including phenoxy) is 2. The highest BCUT2D eigenvalue weighted by Crippen LogP contribution is 2.44. The van der Waals surface area contributed by atoms with Crippen molar-refractivity contribution >= 4 is 15.9 Å². The van der Waals surface area contributed by atoms with Gasteiger partial charge in [0.1, 0.15) is 5.82 Å². The van der Waals surface area contributed by atoms with Crippen molar-refractivity contribution in [3.8, 4) is 0 Å². The van der Waals surface area contributed by atoms with Crippen molar-refractivity contribution in [3.63, 3.8) is 0 Å². The normalized spacial score (nSPS) is 24.1. The van der Waals surface area contributed by atoms with Crippen LogP contribution < -0.4 is 4.72 Å². The maximum absolute atomic E-state index is 13.5. The Balaban J connectivity index is 1.24. The molecule has 2 unspecified atom stereocenters. The molecule has 2 saturated heterocycles. The third kappa shape index (κ3) is 5.64. The Hall–Kier alpha value is -2.33. The SMILES string of the molecule is CCOC1CC(c2ccc(F)cc2)OC2(CCN(C(=O)c3ccc(S(=O)(=O)NC4CC4)cc3)CC2)C1. The van der Waals surface area contributed by atoms with Crippen molar-refractivity contribution in [1.82, 2.24) is 9.62 Å². The number of carbonyl (C=O) groups excluding carboxylic acids is 1. The lowest BCUT2D eigenvalue weighted by molar-refractivity contribution is -0.190. The number of likely N-dealkylation sites (tertiary alicyclic amines) is 1. The molecule has 1 N–H and O–H groups in total. The van der Waals surface area contributed by atoms with E-state index >= 15 is 0 Å². The number of rotatable bonds is 7. The van der Waals surface area contributed by atoms with Gasteiger partial charge in [-0.05, 0) is 74.6 Å². The molecule has 0 aromatic heterocycles. The van der Waals surface area contributed by atoms with E-state index in [1.165, 1.54) is 24.3 Å². The average Bonchev–Trinajstić information content (AvgIpc) is 3.68. The van der Waals surface area contributed by atoms with Crippen LogP contribution in [0.4, 0.5) is 4.39 Å². The molecule has 3 fully saturated rings. The second kappa shape index (κ2) is 10.2. The summed E-state index contributed by atoms with van der Waals surface area (Å²) in [4.78, 5) is 15.1. The number of amides is 1. The Morgan fingerprint density at radius 1 is 1.11 bits per heavy atom. The molecule has 7 nitrogen and oxygen atoms in total. The topological polar surface area (TPSA) is 84.9 Å². The minimum Gasteiger partial charge on any atom is -0.378 e. The summed E-state index contributed by atoms with van der Waals surface area (Å²) in [6.07, 6.45) is 4.43. The standard InChI is InChI=1S/C27H33FN2O5S/c1-2-34-23-17-25(19-3-7-21(28)8-4-19)35-27(18-23)13-15-30(16-14-27)26(31)20-5-11-24(12-6-20)36(32,33)29-22-9-10-22/h3-8,11-12,22-23,25,29H,2,9-10,13-18H2,1H3. The van der Waals surface area contributed by atoms with Crippen molar-refractivity contribution < 1.29 is 27.1 Å². The number of nitrogens with one attached hydrogen (secondary N) is 1. The van der Waals surface area contributed by atoms with E-state index in [9.17, 15) is 17.6 Å². The van der Waals surface area contributed by atoms with E-state index in [2.05, 4.69) is 4.72 Å². The van der Waals surface area contributed by atoms with Crippen LogP contribution in [0.25, 0.3) is 0 Å². The second-order valence-corrected chi connectivity index (χ2v) is 11.8. The lowest BCUT2D eigenvalue weighted by atomic mass is 9.80. The molecule has 1 amide bonds. The molecule has 0 radical (unpaired) electrons. The highest BCUT2D eigenvalue weighted by atomic mass is 32.2. The Labute approximate surface area is 212 Å². The van der Waals surface area contributed by atoms with E-state index in [4.69, 9.17) is 9.47 Å². The van der Waals surface area contributed by atoms with Crippen LogP contribution >= 0.6 is 0 Å².